The van der Waals surface area contributed by atoms with Gasteiger partial charge < -0.3 is 26.2 Å². The van der Waals surface area contributed by atoms with Crippen molar-refractivity contribution >= 4 is 23.6 Å². The number of carbonyl (C=O) groups excluding carboxylic acids is 1. The molecular formula is C13H23N3O4S. The molecule has 2 rings (SSSR count). The number of piperidine rings is 1. The third-order valence-corrected chi connectivity index (χ3v) is 5.56. The van der Waals surface area contributed by atoms with E-state index in [2.05, 4.69) is 10.6 Å². The quantitative estimate of drug-likeness (QED) is 0.505. The number of carboxylic acids is 1. The number of nitrogens with two attached hydrogens (primary N) is 1. The van der Waals surface area contributed by atoms with Crippen LogP contribution in [0, 0.1) is 0 Å². The molecule has 2 saturated heterocycles. The number of carbonyl (C=O) groups is 2. The van der Waals surface area contributed by atoms with Crippen molar-refractivity contribution in [2.24, 2.45) is 5.73 Å². The van der Waals surface area contributed by atoms with Gasteiger partial charge in [-0.25, -0.2) is 0 Å². The number of thioether (sulfide) groups is 1. The Labute approximate surface area is 128 Å². The summed E-state index contributed by atoms with van der Waals surface area (Å²) >= 11 is 1.62. The van der Waals surface area contributed by atoms with Gasteiger partial charge in [0.1, 0.15) is 6.04 Å². The van der Waals surface area contributed by atoms with E-state index in [0.29, 0.717) is 6.61 Å². The zero-order valence-electron chi connectivity index (χ0n) is 12.1. The number of ether oxygens (including phenoxy) is 1. The van der Waals surface area contributed by atoms with E-state index in [1.54, 1.807) is 11.8 Å². The second-order valence-corrected chi connectivity index (χ2v) is 6.74. The Morgan fingerprint density at radius 3 is 3.00 bits per heavy atom. The molecule has 7 nitrogen and oxygen atoms in total. The van der Waals surface area contributed by atoms with Gasteiger partial charge in [-0.3, -0.25) is 9.59 Å². The largest absolute Gasteiger partial charge is 0.480 e. The van der Waals surface area contributed by atoms with Gasteiger partial charge in [0, 0.05) is 24.4 Å². The Balaban J connectivity index is 1.85. The molecule has 5 atom stereocenters. The van der Waals surface area contributed by atoms with Crippen molar-refractivity contribution < 1.29 is 19.4 Å². The molecule has 1 amide bonds. The molecule has 2 heterocycles. The lowest BCUT2D eigenvalue weighted by atomic mass is 9.97. The van der Waals surface area contributed by atoms with E-state index >= 15 is 0 Å². The number of rotatable bonds is 6. The van der Waals surface area contributed by atoms with Gasteiger partial charge in [0.2, 0.25) is 5.91 Å². The Morgan fingerprint density at radius 1 is 1.57 bits per heavy atom. The summed E-state index contributed by atoms with van der Waals surface area (Å²) in [5.74, 6) is -1.25. The monoisotopic (exact) mass is 317 g/mol. The Hall–Kier alpha value is -0.830. The van der Waals surface area contributed by atoms with E-state index in [1.165, 1.54) is 0 Å². The number of nitrogens with one attached hydrogen (secondary N) is 2. The van der Waals surface area contributed by atoms with E-state index in [4.69, 9.17) is 15.6 Å². The SMILES string of the molecule is CCOC1CCNC2CC(C(=O)NC[C@@H](N)C(=O)O)SC21. The fraction of sp³-hybridized carbons (Fsp3) is 0.846. The van der Waals surface area contributed by atoms with Crippen LogP contribution in [0.2, 0.25) is 0 Å². The Morgan fingerprint density at radius 2 is 2.33 bits per heavy atom. The molecule has 120 valence electrons. The molecule has 0 aliphatic carbocycles. The number of carboxylic acid groups (broad SMARTS) is 1. The van der Waals surface area contributed by atoms with Crippen molar-refractivity contribution in [3.63, 3.8) is 0 Å². The third-order valence-electron chi connectivity index (χ3n) is 3.87. The number of amides is 1. The molecule has 21 heavy (non-hydrogen) atoms. The highest BCUT2D eigenvalue weighted by Gasteiger charge is 2.44. The van der Waals surface area contributed by atoms with Crippen LogP contribution in [-0.2, 0) is 14.3 Å². The molecule has 2 aliphatic rings. The molecule has 8 heteroatoms. The topological polar surface area (TPSA) is 114 Å². The van der Waals surface area contributed by atoms with Gasteiger partial charge >= 0.3 is 5.97 Å². The molecule has 2 fully saturated rings. The molecule has 0 bridgehead atoms. The fourth-order valence-corrected chi connectivity index (χ4v) is 4.49. The standard InChI is InChI=1S/C13H23N3O4S/c1-2-20-9-3-4-15-8-5-10(21-11(8)9)12(17)16-6-7(14)13(18)19/h7-11,15H,2-6,14H2,1H3,(H,16,17)(H,18,19)/t7-,8?,9?,10?,11?/m1/s1. The summed E-state index contributed by atoms with van der Waals surface area (Å²) in [6, 6.07) is -0.777. The second kappa shape index (κ2) is 7.44. The van der Waals surface area contributed by atoms with Crippen molar-refractivity contribution in [2.75, 3.05) is 19.7 Å². The van der Waals surface area contributed by atoms with E-state index in [-0.39, 0.29) is 35.1 Å². The van der Waals surface area contributed by atoms with Crippen LogP contribution in [0.25, 0.3) is 0 Å². The first-order chi connectivity index (χ1) is 10.0. The average Bonchev–Trinajstić information content (AvgIpc) is 2.89. The third kappa shape index (κ3) is 4.09. The summed E-state index contributed by atoms with van der Waals surface area (Å²) in [6.07, 6.45) is 1.89. The van der Waals surface area contributed by atoms with Crippen LogP contribution in [0.1, 0.15) is 19.8 Å². The zero-order chi connectivity index (χ0) is 15.4. The predicted molar refractivity (Wildman–Crippen MR) is 80.2 cm³/mol. The van der Waals surface area contributed by atoms with Gasteiger partial charge in [-0.1, -0.05) is 0 Å². The van der Waals surface area contributed by atoms with Crippen LogP contribution < -0.4 is 16.4 Å². The normalized spacial score (nSPS) is 33.2. The molecule has 5 N–H and O–H groups in total. The van der Waals surface area contributed by atoms with Crippen LogP contribution in [-0.4, -0.2) is 65.4 Å². The van der Waals surface area contributed by atoms with Gasteiger partial charge in [0.05, 0.1) is 11.4 Å². The first-order valence-electron chi connectivity index (χ1n) is 7.29. The minimum Gasteiger partial charge on any atom is -0.480 e. The van der Waals surface area contributed by atoms with Crippen LogP contribution in [0.4, 0.5) is 0 Å². The van der Waals surface area contributed by atoms with Gasteiger partial charge in [-0.2, -0.15) is 0 Å². The molecular weight excluding hydrogens is 294 g/mol. The van der Waals surface area contributed by atoms with Gasteiger partial charge in [0.15, 0.2) is 0 Å². The van der Waals surface area contributed by atoms with Crippen LogP contribution in [0.15, 0.2) is 0 Å². The van der Waals surface area contributed by atoms with E-state index in [0.717, 1.165) is 19.4 Å². The number of fused-ring (bicyclic) bond motifs is 1. The molecule has 0 aromatic heterocycles. The summed E-state index contributed by atoms with van der Waals surface area (Å²) in [5, 5.41) is 14.9. The molecule has 0 saturated carbocycles. The minimum atomic E-state index is -1.11. The van der Waals surface area contributed by atoms with Crippen molar-refractivity contribution in [2.45, 2.75) is 48.5 Å². The Bertz CT molecular complexity index is 394. The first kappa shape index (κ1) is 16.5. The van der Waals surface area contributed by atoms with Crippen LogP contribution in [0.3, 0.4) is 0 Å². The van der Waals surface area contributed by atoms with Gasteiger partial charge in [0.25, 0.3) is 0 Å². The predicted octanol–water partition coefficient (Wildman–Crippen LogP) is -0.844. The molecule has 0 spiro atoms. The first-order valence-corrected chi connectivity index (χ1v) is 8.23. The number of aliphatic carboxylic acids is 1. The Kier molecular flexibility index (Phi) is 5.86. The summed E-state index contributed by atoms with van der Waals surface area (Å²) in [4.78, 5) is 22.8. The maximum atomic E-state index is 12.1. The molecule has 2 aliphatic heterocycles. The number of hydrogen-bond donors (Lipinski definition) is 4. The van der Waals surface area contributed by atoms with Gasteiger partial charge in [-0.05, 0) is 26.3 Å². The van der Waals surface area contributed by atoms with E-state index in [1.807, 2.05) is 6.92 Å². The summed E-state index contributed by atoms with van der Waals surface area (Å²) in [5.41, 5.74) is 5.39. The second-order valence-electron chi connectivity index (χ2n) is 5.36. The fourth-order valence-electron chi connectivity index (χ4n) is 2.80. The van der Waals surface area contributed by atoms with Crippen molar-refractivity contribution in [1.82, 2.24) is 10.6 Å². The molecule has 0 aromatic carbocycles. The van der Waals surface area contributed by atoms with Crippen LogP contribution in [0.5, 0.6) is 0 Å². The highest BCUT2D eigenvalue weighted by Crippen LogP contribution is 2.39. The maximum Gasteiger partial charge on any atom is 0.322 e. The van der Waals surface area contributed by atoms with Crippen molar-refractivity contribution in [3.8, 4) is 0 Å². The minimum absolute atomic E-state index is 0.0388. The molecule has 0 aromatic rings. The van der Waals surface area contributed by atoms with Crippen molar-refractivity contribution in [1.29, 1.82) is 0 Å². The maximum absolute atomic E-state index is 12.1. The van der Waals surface area contributed by atoms with Gasteiger partial charge in [-0.15, -0.1) is 11.8 Å². The zero-order valence-corrected chi connectivity index (χ0v) is 12.9. The molecule has 4 unspecified atom stereocenters. The molecule has 0 radical (unpaired) electrons. The summed E-state index contributed by atoms with van der Waals surface area (Å²) in [6.45, 7) is 3.53. The lowest BCUT2D eigenvalue weighted by Gasteiger charge is -2.33. The summed E-state index contributed by atoms with van der Waals surface area (Å²) in [7, 11) is 0. The lowest BCUT2D eigenvalue weighted by molar-refractivity contribution is -0.138. The number of hydrogen-bond acceptors (Lipinski definition) is 6. The smallest absolute Gasteiger partial charge is 0.322 e. The summed E-state index contributed by atoms with van der Waals surface area (Å²) < 4.78 is 5.76. The van der Waals surface area contributed by atoms with Crippen molar-refractivity contribution in [3.05, 3.63) is 0 Å². The highest BCUT2D eigenvalue weighted by atomic mass is 32.2. The average molecular weight is 317 g/mol. The highest BCUT2D eigenvalue weighted by molar-refractivity contribution is 8.01. The van der Waals surface area contributed by atoms with Crippen LogP contribution >= 0.6 is 11.8 Å². The lowest BCUT2D eigenvalue weighted by Crippen LogP contribution is -2.49. The van der Waals surface area contributed by atoms with E-state index in [9.17, 15) is 9.59 Å². The van der Waals surface area contributed by atoms with E-state index < -0.39 is 12.0 Å².